The van der Waals surface area contributed by atoms with E-state index in [1.54, 1.807) is 6.07 Å². The average molecular weight is 244 g/mol. The minimum Gasteiger partial charge on any atom is -0.370 e. The van der Waals surface area contributed by atoms with Crippen molar-refractivity contribution in [1.82, 2.24) is 5.16 Å². The van der Waals surface area contributed by atoms with Gasteiger partial charge in [-0.15, -0.1) is 0 Å². The number of guanidine groups is 1. The molecule has 0 spiro atoms. The number of aryl methyl sites for hydroxylation is 2. The topological polar surface area (TPSA) is 76.4 Å². The first-order valence-corrected chi connectivity index (χ1v) is 5.68. The maximum atomic E-state index is 5.79. The maximum Gasteiger partial charge on any atom is 0.193 e. The van der Waals surface area contributed by atoms with Crippen LogP contribution in [0.25, 0.3) is 0 Å². The van der Waals surface area contributed by atoms with E-state index >= 15 is 0 Å². The molecule has 3 N–H and O–H groups in total. The number of hydrogen-bond acceptors (Lipinski definition) is 3. The molecule has 0 atom stereocenters. The molecule has 5 nitrogen and oxygen atoms in total. The van der Waals surface area contributed by atoms with Gasteiger partial charge in [0.2, 0.25) is 0 Å². The molecule has 0 amide bonds. The van der Waals surface area contributed by atoms with E-state index in [0.717, 1.165) is 11.4 Å². The van der Waals surface area contributed by atoms with Crippen molar-refractivity contribution in [2.75, 3.05) is 5.32 Å². The Balaban J connectivity index is 1.99. The largest absolute Gasteiger partial charge is 0.370 e. The highest BCUT2D eigenvalue weighted by molar-refractivity contribution is 5.92. The SMILES string of the molecule is Cc1ccc(NC(N)=NCc2ccon2)cc1C. The van der Waals surface area contributed by atoms with E-state index in [-0.39, 0.29) is 0 Å². The summed E-state index contributed by atoms with van der Waals surface area (Å²) in [6.07, 6.45) is 1.51. The highest BCUT2D eigenvalue weighted by atomic mass is 16.5. The van der Waals surface area contributed by atoms with Crippen LogP contribution in [-0.4, -0.2) is 11.1 Å². The smallest absolute Gasteiger partial charge is 0.193 e. The monoisotopic (exact) mass is 244 g/mol. The highest BCUT2D eigenvalue weighted by Gasteiger charge is 1.99. The molecule has 1 aromatic carbocycles. The predicted molar refractivity (Wildman–Crippen MR) is 71.4 cm³/mol. The molecule has 0 saturated heterocycles. The van der Waals surface area contributed by atoms with Crippen LogP contribution in [0.3, 0.4) is 0 Å². The van der Waals surface area contributed by atoms with Crippen LogP contribution in [0.5, 0.6) is 0 Å². The lowest BCUT2D eigenvalue weighted by Gasteiger charge is -2.07. The second-order valence-electron chi connectivity index (χ2n) is 4.12. The Labute approximate surface area is 106 Å². The lowest BCUT2D eigenvalue weighted by atomic mass is 10.1. The Morgan fingerprint density at radius 2 is 2.17 bits per heavy atom. The maximum absolute atomic E-state index is 5.79. The Morgan fingerprint density at radius 1 is 1.33 bits per heavy atom. The summed E-state index contributed by atoms with van der Waals surface area (Å²) in [5, 5.41) is 6.80. The van der Waals surface area contributed by atoms with Gasteiger partial charge in [0.1, 0.15) is 12.0 Å². The summed E-state index contributed by atoms with van der Waals surface area (Å²) in [7, 11) is 0. The minimum absolute atomic E-state index is 0.362. The van der Waals surface area contributed by atoms with Crippen molar-refractivity contribution in [3.8, 4) is 0 Å². The van der Waals surface area contributed by atoms with Crippen molar-refractivity contribution in [2.45, 2.75) is 20.4 Å². The molecule has 0 bridgehead atoms. The van der Waals surface area contributed by atoms with E-state index in [1.165, 1.54) is 17.4 Å². The van der Waals surface area contributed by atoms with Crippen LogP contribution in [0.2, 0.25) is 0 Å². The zero-order valence-electron chi connectivity index (χ0n) is 10.5. The molecule has 2 rings (SSSR count). The summed E-state index contributed by atoms with van der Waals surface area (Å²) < 4.78 is 4.71. The molecule has 2 aromatic rings. The molecule has 0 fully saturated rings. The summed E-state index contributed by atoms with van der Waals surface area (Å²) >= 11 is 0. The number of nitrogens with two attached hydrogens (primary N) is 1. The minimum atomic E-state index is 0.362. The molecule has 0 radical (unpaired) electrons. The Bertz CT molecular complexity index is 546. The van der Waals surface area contributed by atoms with E-state index in [1.807, 2.05) is 18.2 Å². The van der Waals surface area contributed by atoms with Crippen molar-refractivity contribution in [3.63, 3.8) is 0 Å². The first-order valence-electron chi connectivity index (χ1n) is 5.68. The van der Waals surface area contributed by atoms with Crippen LogP contribution >= 0.6 is 0 Å². The van der Waals surface area contributed by atoms with Gasteiger partial charge in [-0.2, -0.15) is 0 Å². The molecule has 0 saturated carbocycles. The normalized spacial score (nSPS) is 11.6. The zero-order chi connectivity index (χ0) is 13.0. The lowest BCUT2D eigenvalue weighted by molar-refractivity contribution is 0.412. The van der Waals surface area contributed by atoms with Crippen LogP contribution in [-0.2, 0) is 6.54 Å². The van der Waals surface area contributed by atoms with Crippen LogP contribution < -0.4 is 11.1 Å². The third-order valence-corrected chi connectivity index (χ3v) is 2.68. The van der Waals surface area contributed by atoms with E-state index in [0.29, 0.717) is 12.5 Å². The molecule has 0 aliphatic rings. The summed E-state index contributed by atoms with van der Waals surface area (Å²) in [4.78, 5) is 4.17. The molecule has 1 heterocycles. The van der Waals surface area contributed by atoms with Gasteiger partial charge in [0.05, 0.1) is 6.54 Å². The van der Waals surface area contributed by atoms with Crippen molar-refractivity contribution in [1.29, 1.82) is 0 Å². The van der Waals surface area contributed by atoms with Crippen LogP contribution in [0.1, 0.15) is 16.8 Å². The standard InChI is InChI=1S/C13H16N4O/c1-9-3-4-11(7-10(9)2)16-13(14)15-8-12-5-6-18-17-12/h3-7H,8H2,1-2H3,(H3,14,15,16). The molecular weight excluding hydrogens is 228 g/mol. The molecule has 0 aliphatic carbocycles. The Morgan fingerprint density at radius 3 is 2.83 bits per heavy atom. The molecule has 5 heteroatoms. The van der Waals surface area contributed by atoms with Crippen molar-refractivity contribution < 1.29 is 4.52 Å². The van der Waals surface area contributed by atoms with Gasteiger partial charge in [0.15, 0.2) is 5.96 Å². The molecule has 0 unspecified atom stereocenters. The summed E-state index contributed by atoms with van der Waals surface area (Å²) in [6.45, 7) is 4.53. The number of nitrogens with one attached hydrogen (secondary N) is 1. The quantitative estimate of drug-likeness (QED) is 0.641. The van der Waals surface area contributed by atoms with Gasteiger partial charge in [-0.05, 0) is 37.1 Å². The third-order valence-electron chi connectivity index (χ3n) is 2.68. The van der Waals surface area contributed by atoms with Crippen LogP contribution in [0.15, 0.2) is 40.0 Å². The second kappa shape index (κ2) is 5.35. The van der Waals surface area contributed by atoms with Crippen molar-refractivity contribution >= 4 is 11.6 Å². The number of anilines is 1. The lowest BCUT2D eigenvalue weighted by Crippen LogP contribution is -2.22. The number of rotatable bonds is 3. The predicted octanol–water partition coefficient (Wildman–Crippen LogP) is 2.22. The number of benzene rings is 1. The molecule has 1 aromatic heterocycles. The summed E-state index contributed by atoms with van der Waals surface area (Å²) in [6, 6.07) is 7.81. The number of nitrogens with zero attached hydrogens (tertiary/aromatic N) is 2. The van der Waals surface area contributed by atoms with Gasteiger partial charge in [0.25, 0.3) is 0 Å². The summed E-state index contributed by atoms with van der Waals surface area (Å²) in [5.74, 6) is 0.362. The average Bonchev–Trinajstić information content (AvgIpc) is 2.84. The molecule has 94 valence electrons. The van der Waals surface area contributed by atoms with Crippen LogP contribution in [0, 0.1) is 13.8 Å². The number of aromatic nitrogens is 1. The first-order chi connectivity index (χ1) is 8.65. The fourth-order valence-corrected chi connectivity index (χ4v) is 1.49. The van der Waals surface area contributed by atoms with Gasteiger partial charge >= 0.3 is 0 Å². The van der Waals surface area contributed by atoms with Gasteiger partial charge in [-0.1, -0.05) is 11.2 Å². The fourth-order valence-electron chi connectivity index (χ4n) is 1.49. The van der Waals surface area contributed by atoms with Gasteiger partial charge in [0, 0.05) is 11.8 Å². The molecule has 0 aliphatic heterocycles. The van der Waals surface area contributed by atoms with Gasteiger partial charge in [-0.25, -0.2) is 4.99 Å². The Kier molecular flexibility index (Phi) is 3.62. The first kappa shape index (κ1) is 12.2. The highest BCUT2D eigenvalue weighted by Crippen LogP contribution is 2.13. The fraction of sp³-hybridized carbons (Fsp3) is 0.231. The Hall–Kier alpha value is -2.30. The van der Waals surface area contributed by atoms with Gasteiger partial charge < -0.3 is 15.6 Å². The number of aliphatic imine (C=N–C) groups is 1. The van der Waals surface area contributed by atoms with E-state index < -0.39 is 0 Å². The molecular formula is C13H16N4O. The second-order valence-corrected chi connectivity index (χ2v) is 4.12. The van der Waals surface area contributed by atoms with Crippen molar-refractivity contribution in [2.24, 2.45) is 10.7 Å². The molecule has 18 heavy (non-hydrogen) atoms. The number of hydrogen-bond donors (Lipinski definition) is 2. The summed E-state index contributed by atoms with van der Waals surface area (Å²) in [5.41, 5.74) is 9.93. The zero-order valence-corrected chi connectivity index (χ0v) is 10.5. The third kappa shape index (κ3) is 3.10. The van der Waals surface area contributed by atoms with Crippen molar-refractivity contribution in [3.05, 3.63) is 47.3 Å². The van der Waals surface area contributed by atoms with Gasteiger partial charge in [-0.3, -0.25) is 0 Å². The van der Waals surface area contributed by atoms with E-state index in [2.05, 4.69) is 29.3 Å². The van der Waals surface area contributed by atoms with E-state index in [9.17, 15) is 0 Å². The van der Waals surface area contributed by atoms with Crippen LogP contribution in [0.4, 0.5) is 5.69 Å². The van der Waals surface area contributed by atoms with E-state index in [4.69, 9.17) is 10.3 Å².